The van der Waals surface area contributed by atoms with Crippen molar-refractivity contribution in [2.24, 2.45) is 0 Å². The van der Waals surface area contributed by atoms with E-state index in [1.807, 2.05) is 18.2 Å². The Morgan fingerprint density at radius 2 is 2.06 bits per heavy atom. The van der Waals surface area contributed by atoms with Gasteiger partial charge in [-0.05, 0) is 37.0 Å². The van der Waals surface area contributed by atoms with Crippen LogP contribution in [0.4, 0.5) is 0 Å². The summed E-state index contributed by atoms with van der Waals surface area (Å²) in [4.78, 5) is 11.9. The molecule has 1 rings (SSSR count). The average molecular weight is 231 g/mol. The van der Waals surface area contributed by atoms with Gasteiger partial charge in [0.15, 0.2) is 0 Å². The van der Waals surface area contributed by atoms with E-state index in [4.69, 9.17) is 0 Å². The third-order valence-electron chi connectivity index (χ3n) is 3.00. The molecule has 1 aromatic rings. The molecular weight excluding hydrogens is 210 g/mol. The summed E-state index contributed by atoms with van der Waals surface area (Å²) >= 11 is 0. The van der Waals surface area contributed by atoms with Gasteiger partial charge >= 0.3 is 0 Å². The third-order valence-corrected chi connectivity index (χ3v) is 3.00. The first-order chi connectivity index (χ1) is 8.11. The molecule has 0 atom stereocenters. The molecule has 92 valence electrons. The Kier molecular flexibility index (Phi) is 4.95. The van der Waals surface area contributed by atoms with Crippen molar-refractivity contribution in [1.29, 1.82) is 0 Å². The van der Waals surface area contributed by atoms with Gasteiger partial charge in [0.2, 0.25) is 0 Å². The highest BCUT2D eigenvalue weighted by molar-refractivity contribution is 6.19. The molecule has 0 aliphatic heterocycles. The molecule has 0 heterocycles. The lowest BCUT2D eigenvalue weighted by molar-refractivity contribution is -0.115. The maximum absolute atomic E-state index is 11.9. The highest BCUT2D eigenvalue weighted by Crippen LogP contribution is 2.22. The molecule has 0 aromatic heterocycles. The first kappa shape index (κ1) is 13.5. The number of carbonyl (C=O) groups is 1. The maximum Gasteiger partial charge on any atom is 0.251 e. The zero-order valence-electron chi connectivity index (χ0n) is 11.1. The number of carbonyl (C=O) groups excluding carboxylic acids is 1. The summed E-state index contributed by atoms with van der Waals surface area (Å²) in [6, 6.07) is 6.08. The standard InChI is InChI=1S/C15H21NO/c1-5-6-9-14(15(17)16-4)13-10-7-8-11(2)12(13)3/h7-10H,5-6H2,1-4H3,(H,16,17)/b14-9-. The molecule has 2 nitrogen and oxygen atoms in total. The SMILES string of the molecule is CCC/C=C(\C(=O)NC)c1cccc(C)c1C. The van der Waals surface area contributed by atoms with E-state index in [1.165, 1.54) is 11.1 Å². The molecular formula is C15H21NO. The molecule has 0 spiro atoms. The van der Waals surface area contributed by atoms with Gasteiger partial charge in [0.1, 0.15) is 0 Å². The van der Waals surface area contributed by atoms with Crippen LogP contribution in [0, 0.1) is 13.8 Å². The summed E-state index contributed by atoms with van der Waals surface area (Å²) in [7, 11) is 1.67. The zero-order chi connectivity index (χ0) is 12.8. The molecule has 0 fully saturated rings. The van der Waals surface area contributed by atoms with Crippen molar-refractivity contribution in [2.75, 3.05) is 7.05 Å². The predicted molar refractivity (Wildman–Crippen MR) is 72.9 cm³/mol. The molecule has 0 aliphatic rings. The molecule has 1 aromatic carbocycles. The summed E-state index contributed by atoms with van der Waals surface area (Å²) in [6.07, 6.45) is 4.00. The molecule has 0 bridgehead atoms. The quantitative estimate of drug-likeness (QED) is 0.792. The van der Waals surface area contributed by atoms with E-state index < -0.39 is 0 Å². The van der Waals surface area contributed by atoms with Gasteiger partial charge in [-0.3, -0.25) is 4.79 Å². The largest absolute Gasteiger partial charge is 0.355 e. The minimum absolute atomic E-state index is 0.00727. The number of hydrogen-bond acceptors (Lipinski definition) is 1. The van der Waals surface area contributed by atoms with Crippen LogP contribution in [0.5, 0.6) is 0 Å². The Hall–Kier alpha value is -1.57. The van der Waals surface area contributed by atoms with Crippen LogP contribution < -0.4 is 5.32 Å². The predicted octanol–water partition coefficient (Wildman–Crippen LogP) is 3.23. The highest BCUT2D eigenvalue weighted by atomic mass is 16.1. The summed E-state index contributed by atoms with van der Waals surface area (Å²) < 4.78 is 0. The van der Waals surface area contributed by atoms with Crippen LogP contribution in [0.2, 0.25) is 0 Å². The van der Waals surface area contributed by atoms with E-state index in [9.17, 15) is 4.79 Å². The molecule has 2 heteroatoms. The number of hydrogen-bond donors (Lipinski definition) is 1. The van der Waals surface area contributed by atoms with Gasteiger partial charge in [0.05, 0.1) is 0 Å². The van der Waals surface area contributed by atoms with Crippen molar-refractivity contribution >= 4 is 11.5 Å². The van der Waals surface area contributed by atoms with E-state index in [2.05, 4.69) is 32.2 Å². The van der Waals surface area contributed by atoms with Gasteiger partial charge < -0.3 is 5.32 Å². The van der Waals surface area contributed by atoms with E-state index in [1.54, 1.807) is 7.05 Å². The fourth-order valence-corrected chi connectivity index (χ4v) is 1.79. The Labute approximate surface area is 104 Å². The minimum atomic E-state index is -0.00727. The van der Waals surface area contributed by atoms with Crippen LogP contribution in [0.25, 0.3) is 5.57 Å². The Balaban J connectivity index is 3.22. The molecule has 0 radical (unpaired) electrons. The molecule has 0 saturated heterocycles. The second-order valence-electron chi connectivity index (χ2n) is 4.23. The average Bonchev–Trinajstić information content (AvgIpc) is 2.34. The van der Waals surface area contributed by atoms with Crippen LogP contribution in [0.3, 0.4) is 0 Å². The van der Waals surface area contributed by atoms with Crippen molar-refractivity contribution in [1.82, 2.24) is 5.32 Å². The van der Waals surface area contributed by atoms with Crippen molar-refractivity contribution in [3.63, 3.8) is 0 Å². The molecule has 0 aliphatic carbocycles. The fraction of sp³-hybridized carbons (Fsp3) is 0.400. The number of aryl methyl sites for hydroxylation is 1. The number of allylic oxidation sites excluding steroid dienone is 1. The van der Waals surface area contributed by atoms with Gasteiger partial charge in [-0.15, -0.1) is 0 Å². The lowest BCUT2D eigenvalue weighted by atomic mass is 9.95. The van der Waals surface area contributed by atoms with Crippen molar-refractivity contribution in [3.8, 4) is 0 Å². The maximum atomic E-state index is 11.9. The van der Waals surface area contributed by atoms with Crippen molar-refractivity contribution < 1.29 is 4.79 Å². The lowest BCUT2D eigenvalue weighted by Crippen LogP contribution is -2.19. The van der Waals surface area contributed by atoms with Gasteiger partial charge in [-0.25, -0.2) is 0 Å². The molecule has 1 amide bonds. The minimum Gasteiger partial charge on any atom is -0.355 e. The van der Waals surface area contributed by atoms with E-state index in [0.29, 0.717) is 0 Å². The fourth-order valence-electron chi connectivity index (χ4n) is 1.79. The number of benzene rings is 1. The van der Waals surface area contributed by atoms with Gasteiger partial charge in [-0.1, -0.05) is 37.6 Å². The van der Waals surface area contributed by atoms with E-state index >= 15 is 0 Å². The number of likely N-dealkylation sites (N-methyl/N-ethyl adjacent to an activating group) is 1. The van der Waals surface area contributed by atoms with Crippen LogP contribution in [-0.4, -0.2) is 13.0 Å². The number of rotatable bonds is 4. The van der Waals surface area contributed by atoms with Gasteiger partial charge in [0.25, 0.3) is 5.91 Å². The third kappa shape index (κ3) is 3.19. The smallest absolute Gasteiger partial charge is 0.251 e. The van der Waals surface area contributed by atoms with Crippen LogP contribution in [0.1, 0.15) is 36.5 Å². The van der Waals surface area contributed by atoms with Gasteiger partial charge in [0, 0.05) is 12.6 Å². The second-order valence-corrected chi connectivity index (χ2v) is 4.23. The van der Waals surface area contributed by atoms with Crippen LogP contribution in [0.15, 0.2) is 24.3 Å². The summed E-state index contributed by atoms with van der Waals surface area (Å²) in [5, 5.41) is 2.71. The topological polar surface area (TPSA) is 29.1 Å². The Bertz CT molecular complexity index is 433. The molecule has 0 unspecified atom stereocenters. The summed E-state index contributed by atoms with van der Waals surface area (Å²) in [5.74, 6) is -0.00727. The monoisotopic (exact) mass is 231 g/mol. The van der Waals surface area contributed by atoms with Crippen molar-refractivity contribution in [2.45, 2.75) is 33.6 Å². The van der Waals surface area contributed by atoms with Crippen LogP contribution >= 0.6 is 0 Å². The van der Waals surface area contributed by atoms with E-state index in [-0.39, 0.29) is 5.91 Å². The first-order valence-electron chi connectivity index (χ1n) is 6.10. The number of amides is 1. The summed E-state index contributed by atoms with van der Waals surface area (Å²) in [6.45, 7) is 6.24. The Morgan fingerprint density at radius 3 is 2.65 bits per heavy atom. The first-order valence-corrected chi connectivity index (χ1v) is 6.10. The number of unbranched alkanes of at least 4 members (excludes halogenated alkanes) is 1. The highest BCUT2D eigenvalue weighted by Gasteiger charge is 2.12. The Morgan fingerprint density at radius 1 is 1.35 bits per heavy atom. The number of nitrogens with one attached hydrogen (secondary N) is 1. The van der Waals surface area contributed by atoms with Gasteiger partial charge in [-0.2, -0.15) is 0 Å². The summed E-state index contributed by atoms with van der Waals surface area (Å²) in [5.41, 5.74) is 4.22. The lowest BCUT2D eigenvalue weighted by Gasteiger charge is -2.11. The zero-order valence-corrected chi connectivity index (χ0v) is 11.1. The van der Waals surface area contributed by atoms with Crippen LogP contribution in [-0.2, 0) is 4.79 Å². The van der Waals surface area contributed by atoms with E-state index in [0.717, 1.165) is 24.0 Å². The molecule has 1 N–H and O–H groups in total. The molecule has 0 saturated carbocycles. The van der Waals surface area contributed by atoms with Crippen molar-refractivity contribution in [3.05, 3.63) is 41.0 Å². The second kappa shape index (κ2) is 6.24. The normalized spacial score (nSPS) is 11.4. The molecule has 17 heavy (non-hydrogen) atoms.